The highest BCUT2D eigenvalue weighted by molar-refractivity contribution is 7.09. The molecule has 3 amide bonds. The van der Waals surface area contributed by atoms with E-state index in [9.17, 15) is 14.4 Å². The van der Waals surface area contributed by atoms with Crippen molar-refractivity contribution in [2.75, 3.05) is 41.4 Å². The van der Waals surface area contributed by atoms with Crippen LogP contribution in [0.2, 0.25) is 0 Å². The van der Waals surface area contributed by atoms with Crippen molar-refractivity contribution >= 4 is 29.1 Å². The van der Waals surface area contributed by atoms with Gasteiger partial charge in [-0.25, -0.2) is 4.98 Å². The molecule has 6 unspecified atom stereocenters. The molecule has 1 aliphatic heterocycles. The van der Waals surface area contributed by atoms with Crippen LogP contribution in [-0.2, 0) is 30.3 Å². The van der Waals surface area contributed by atoms with Crippen LogP contribution in [0.4, 0.5) is 0 Å². The fraction of sp³-hybridized carbons (Fsp3) is 0.625. The van der Waals surface area contributed by atoms with Gasteiger partial charge in [0, 0.05) is 39.4 Å². The molecule has 43 heavy (non-hydrogen) atoms. The van der Waals surface area contributed by atoms with Gasteiger partial charge in [0.25, 0.3) is 0 Å². The first-order valence-electron chi connectivity index (χ1n) is 15.1. The lowest BCUT2D eigenvalue weighted by Crippen LogP contribution is -2.53. The zero-order valence-electron chi connectivity index (χ0n) is 26.6. The fourth-order valence-electron chi connectivity index (χ4n) is 6.25. The third kappa shape index (κ3) is 9.07. The standard InChI is InChI=1S/C32H49N5O5S/c1-21(2)29(36(5)28(39)20-33-4)26(41-6)19-27(38)37-16-11-14-25(37)30(42-7)22(3)31(40)35-24(32-34-15-17-43-32)18-23-12-9-8-10-13-23/h8-10,12-13,15,17,21-22,24-26,29-30,33H,11,14,16,18-20H2,1-7H3,(H,35,40). The Labute approximate surface area is 260 Å². The molecule has 1 fully saturated rings. The number of methoxy groups -OCH3 is 2. The van der Waals surface area contributed by atoms with Gasteiger partial charge in [-0.05, 0) is 37.8 Å². The molecule has 6 atom stereocenters. The predicted molar refractivity (Wildman–Crippen MR) is 169 cm³/mol. The van der Waals surface area contributed by atoms with E-state index in [0.29, 0.717) is 13.0 Å². The van der Waals surface area contributed by atoms with Gasteiger partial charge in [-0.2, -0.15) is 0 Å². The number of nitrogens with one attached hydrogen (secondary N) is 2. The molecule has 3 rings (SSSR count). The largest absolute Gasteiger partial charge is 0.379 e. The third-order valence-electron chi connectivity index (χ3n) is 8.44. The molecule has 0 saturated carbocycles. The third-order valence-corrected chi connectivity index (χ3v) is 9.33. The molecule has 238 valence electrons. The molecule has 1 aromatic carbocycles. The number of likely N-dealkylation sites (N-methyl/N-ethyl adjacent to an activating group) is 2. The number of aromatic nitrogens is 1. The molecule has 0 bridgehead atoms. The van der Waals surface area contributed by atoms with Crippen LogP contribution in [-0.4, -0.2) is 98.2 Å². The minimum atomic E-state index is -0.506. The number of benzene rings is 1. The van der Waals surface area contributed by atoms with E-state index in [-0.39, 0.29) is 54.7 Å². The summed E-state index contributed by atoms with van der Waals surface area (Å²) in [6.45, 7) is 6.72. The van der Waals surface area contributed by atoms with Crippen molar-refractivity contribution in [3.8, 4) is 0 Å². The summed E-state index contributed by atoms with van der Waals surface area (Å²) in [6.07, 6.45) is 3.12. The van der Waals surface area contributed by atoms with E-state index in [4.69, 9.17) is 9.47 Å². The Morgan fingerprint density at radius 3 is 2.44 bits per heavy atom. The molecule has 10 nitrogen and oxygen atoms in total. The van der Waals surface area contributed by atoms with Crippen LogP contribution in [0.5, 0.6) is 0 Å². The number of amides is 3. The molecule has 0 aliphatic carbocycles. The summed E-state index contributed by atoms with van der Waals surface area (Å²) in [7, 11) is 6.69. The second-order valence-corrected chi connectivity index (χ2v) is 12.6. The summed E-state index contributed by atoms with van der Waals surface area (Å²) in [5, 5.41) is 8.88. The Hall–Kier alpha value is -2.86. The van der Waals surface area contributed by atoms with Gasteiger partial charge >= 0.3 is 0 Å². The van der Waals surface area contributed by atoms with Gasteiger partial charge in [0.1, 0.15) is 5.01 Å². The van der Waals surface area contributed by atoms with Crippen LogP contribution in [0.3, 0.4) is 0 Å². The van der Waals surface area contributed by atoms with Crippen LogP contribution >= 0.6 is 11.3 Å². The normalized spacial score (nSPS) is 18.6. The number of thiazole rings is 1. The molecule has 2 heterocycles. The zero-order chi connectivity index (χ0) is 31.5. The average molecular weight is 616 g/mol. The number of ether oxygens (including phenoxy) is 2. The van der Waals surface area contributed by atoms with Crippen LogP contribution in [0.15, 0.2) is 41.9 Å². The number of likely N-dealkylation sites (tertiary alicyclic amines) is 1. The number of hydrogen-bond donors (Lipinski definition) is 2. The van der Waals surface area contributed by atoms with E-state index in [1.807, 2.05) is 61.4 Å². The van der Waals surface area contributed by atoms with Crippen molar-refractivity contribution in [3.63, 3.8) is 0 Å². The lowest BCUT2D eigenvalue weighted by molar-refractivity contribution is -0.145. The fourth-order valence-corrected chi connectivity index (χ4v) is 6.94. The second kappa shape index (κ2) is 16.8. The molecule has 1 aromatic heterocycles. The lowest BCUT2D eigenvalue weighted by Gasteiger charge is -2.38. The average Bonchev–Trinajstić information content (AvgIpc) is 3.70. The Morgan fingerprint density at radius 1 is 1.14 bits per heavy atom. The topological polar surface area (TPSA) is 113 Å². The van der Waals surface area contributed by atoms with Crippen molar-refractivity contribution in [1.29, 1.82) is 0 Å². The molecule has 1 aliphatic rings. The van der Waals surface area contributed by atoms with E-state index in [0.717, 1.165) is 23.4 Å². The van der Waals surface area contributed by atoms with Crippen LogP contribution in [0.25, 0.3) is 0 Å². The maximum Gasteiger partial charge on any atom is 0.236 e. The summed E-state index contributed by atoms with van der Waals surface area (Å²) in [6, 6.07) is 9.25. The molecule has 2 N–H and O–H groups in total. The molecule has 0 radical (unpaired) electrons. The molecular formula is C32H49N5O5S. The molecule has 0 spiro atoms. The molecule has 11 heteroatoms. The summed E-state index contributed by atoms with van der Waals surface area (Å²) < 4.78 is 11.8. The van der Waals surface area contributed by atoms with Crippen LogP contribution in [0.1, 0.15) is 56.6 Å². The van der Waals surface area contributed by atoms with Gasteiger partial charge in [0.15, 0.2) is 0 Å². The van der Waals surface area contributed by atoms with Crippen molar-refractivity contribution in [1.82, 2.24) is 25.4 Å². The number of carbonyl (C=O) groups is 3. The van der Waals surface area contributed by atoms with E-state index >= 15 is 0 Å². The van der Waals surface area contributed by atoms with Gasteiger partial charge in [0.05, 0.1) is 49.2 Å². The highest BCUT2D eigenvalue weighted by atomic mass is 32.1. The quantitative estimate of drug-likeness (QED) is 0.298. The van der Waals surface area contributed by atoms with E-state index < -0.39 is 18.1 Å². The van der Waals surface area contributed by atoms with E-state index in [2.05, 4.69) is 15.6 Å². The van der Waals surface area contributed by atoms with Gasteiger partial charge in [-0.1, -0.05) is 51.1 Å². The number of nitrogens with zero attached hydrogens (tertiary/aromatic N) is 3. The lowest BCUT2D eigenvalue weighted by atomic mass is 9.92. The molecular weight excluding hydrogens is 566 g/mol. The van der Waals surface area contributed by atoms with Crippen molar-refractivity contribution < 1.29 is 23.9 Å². The first kappa shape index (κ1) is 34.6. The smallest absolute Gasteiger partial charge is 0.236 e. The highest BCUT2D eigenvalue weighted by Crippen LogP contribution is 2.29. The van der Waals surface area contributed by atoms with Crippen molar-refractivity contribution in [3.05, 3.63) is 52.5 Å². The SMILES string of the molecule is CNCC(=O)N(C)C(C(C)C)C(CC(=O)N1CCCC1C(OC)C(C)C(=O)NC(Cc1ccccc1)c1nccs1)OC. The van der Waals surface area contributed by atoms with Gasteiger partial charge < -0.3 is 29.9 Å². The maximum atomic E-state index is 13.8. The minimum Gasteiger partial charge on any atom is -0.379 e. The summed E-state index contributed by atoms with van der Waals surface area (Å²) in [4.78, 5) is 48.1. The van der Waals surface area contributed by atoms with Gasteiger partial charge in [-0.15, -0.1) is 11.3 Å². The molecule has 1 saturated heterocycles. The summed E-state index contributed by atoms with van der Waals surface area (Å²) >= 11 is 1.52. The summed E-state index contributed by atoms with van der Waals surface area (Å²) in [5.74, 6) is -0.684. The Bertz CT molecular complexity index is 1150. The first-order valence-corrected chi connectivity index (χ1v) is 16.0. The van der Waals surface area contributed by atoms with Crippen molar-refractivity contribution in [2.24, 2.45) is 11.8 Å². The zero-order valence-corrected chi connectivity index (χ0v) is 27.4. The number of hydrogen-bond acceptors (Lipinski definition) is 8. The monoisotopic (exact) mass is 615 g/mol. The molecule has 2 aromatic rings. The van der Waals surface area contributed by atoms with Gasteiger partial charge in [-0.3, -0.25) is 14.4 Å². The van der Waals surface area contributed by atoms with E-state index in [1.165, 1.54) is 11.3 Å². The van der Waals surface area contributed by atoms with Crippen LogP contribution in [0, 0.1) is 11.8 Å². The number of rotatable bonds is 16. The summed E-state index contributed by atoms with van der Waals surface area (Å²) in [5.41, 5.74) is 1.11. The van der Waals surface area contributed by atoms with Gasteiger partial charge in [0.2, 0.25) is 17.7 Å². The second-order valence-electron chi connectivity index (χ2n) is 11.7. The maximum absolute atomic E-state index is 13.8. The Balaban J connectivity index is 1.73. The van der Waals surface area contributed by atoms with Crippen LogP contribution < -0.4 is 10.6 Å². The Kier molecular flexibility index (Phi) is 13.6. The number of carbonyl (C=O) groups excluding carboxylic acids is 3. The van der Waals surface area contributed by atoms with E-state index in [1.54, 1.807) is 39.4 Å². The van der Waals surface area contributed by atoms with Crippen molar-refractivity contribution in [2.45, 2.75) is 76.8 Å². The Morgan fingerprint density at radius 2 is 1.86 bits per heavy atom. The minimum absolute atomic E-state index is 0.0580. The first-order chi connectivity index (χ1) is 20.6. The highest BCUT2D eigenvalue weighted by Gasteiger charge is 2.42. The predicted octanol–water partition coefficient (Wildman–Crippen LogP) is 3.29.